The highest BCUT2D eigenvalue weighted by Gasteiger charge is 2.29. The number of amides is 1. The molecule has 4 heteroatoms. The van der Waals surface area contributed by atoms with Crippen LogP contribution < -0.4 is 4.90 Å². The second-order valence-corrected chi connectivity index (χ2v) is 6.93. The van der Waals surface area contributed by atoms with Gasteiger partial charge in [-0.2, -0.15) is 0 Å². The summed E-state index contributed by atoms with van der Waals surface area (Å²) in [5, 5.41) is 0. The highest BCUT2D eigenvalue weighted by molar-refractivity contribution is 14.1. The van der Waals surface area contributed by atoms with Crippen LogP contribution in [0.15, 0.2) is 30.6 Å². The van der Waals surface area contributed by atoms with Crippen LogP contribution in [-0.2, 0) is 17.6 Å². The number of hydrogen-bond donors (Lipinski definition) is 0. The van der Waals surface area contributed by atoms with Gasteiger partial charge in [0, 0.05) is 34.5 Å². The SMILES string of the molecule is O=C1CCc2cc(-c3cncc(I)c3)cc3c2N1CCC3. The molecule has 3 nitrogen and oxygen atoms in total. The van der Waals surface area contributed by atoms with Crippen LogP contribution in [0.25, 0.3) is 11.1 Å². The first-order valence-corrected chi connectivity index (χ1v) is 8.37. The summed E-state index contributed by atoms with van der Waals surface area (Å²) in [5.41, 5.74) is 6.22. The van der Waals surface area contributed by atoms with Crippen LogP contribution in [0, 0.1) is 3.57 Å². The Bertz CT molecular complexity index is 724. The van der Waals surface area contributed by atoms with Crippen molar-refractivity contribution < 1.29 is 4.79 Å². The summed E-state index contributed by atoms with van der Waals surface area (Å²) in [7, 11) is 0. The van der Waals surface area contributed by atoms with Gasteiger partial charge in [0.25, 0.3) is 0 Å². The predicted octanol–water partition coefficient (Wildman–Crippen LogP) is 3.58. The number of rotatable bonds is 1. The molecule has 21 heavy (non-hydrogen) atoms. The van der Waals surface area contributed by atoms with Crippen molar-refractivity contribution in [2.75, 3.05) is 11.4 Å². The van der Waals surface area contributed by atoms with Gasteiger partial charge in [-0.05, 0) is 76.7 Å². The Kier molecular flexibility index (Phi) is 3.21. The van der Waals surface area contributed by atoms with Crippen LogP contribution in [0.2, 0.25) is 0 Å². The zero-order chi connectivity index (χ0) is 14.4. The molecule has 0 bridgehead atoms. The van der Waals surface area contributed by atoms with E-state index >= 15 is 0 Å². The van der Waals surface area contributed by atoms with Crippen molar-refractivity contribution in [2.45, 2.75) is 25.7 Å². The lowest BCUT2D eigenvalue weighted by Gasteiger charge is -2.35. The van der Waals surface area contributed by atoms with E-state index in [1.807, 2.05) is 17.3 Å². The molecule has 2 aliphatic heterocycles. The molecule has 0 atom stereocenters. The monoisotopic (exact) mass is 390 g/mol. The molecule has 1 amide bonds. The first-order chi connectivity index (χ1) is 10.2. The molecular formula is C17H15IN2O. The fraction of sp³-hybridized carbons (Fsp3) is 0.294. The van der Waals surface area contributed by atoms with Crippen molar-refractivity contribution in [3.8, 4) is 11.1 Å². The normalized spacial score (nSPS) is 16.8. The number of aromatic nitrogens is 1. The molecule has 0 radical (unpaired) electrons. The number of hydrogen-bond acceptors (Lipinski definition) is 2. The van der Waals surface area contributed by atoms with Crippen LogP contribution in [0.3, 0.4) is 0 Å². The van der Waals surface area contributed by atoms with Crippen molar-refractivity contribution in [1.29, 1.82) is 0 Å². The van der Waals surface area contributed by atoms with Gasteiger partial charge in [-0.25, -0.2) is 0 Å². The summed E-state index contributed by atoms with van der Waals surface area (Å²) in [5.74, 6) is 0.284. The van der Waals surface area contributed by atoms with Gasteiger partial charge < -0.3 is 4.90 Å². The maximum absolute atomic E-state index is 12.1. The van der Waals surface area contributed by atoms with Gasteiger partial charge in [-0.1, -0.05) is 0 Å². The predicted molar refractivity (Wildman–Crippen MR) is 91.4 cm³/mol. The summed E-state index contributed by atoms with van der Waals surface area (Å²) >= 11 is 2.30. The Morgan fingerprint density at radius 2 is 1.81 bits per heavy atom. The summed E-state index contributed by atoms with van der Waals surface area (Å²) < 4.78 is 1.15. The molecule has 1 aromatic carbocycles. The first-order valence-electron chi connectivity index (χ1n) is 7.29. The highest BCUT2D eigenvalue weighted by Crippen LogP contribution is 2.38. The molecule has 0 N–H and O–H groups in total. The molecule has 4 rings (SSSR count). The van der Waals surface area contributed by atoms with Crippen LogP contribution >= 0.6 is 22.6 Å². The standard InChI is InChI=1S/C17H15IN2O/c18-15-8-14(9-19-10-15)13-6-11-2-1-5-20-16(21)4-3-12(7-13)17(11)20/h6-10H,1-5H2. The zero-order valence-corrected chi connectivity index (χ0v) is 13.8. The van der Waals surface area contributed by atoms with Crippen LogP contribution in [0.1, 0.15) is 24.0 Å². The van der Waals surface area contributed by atoms with E-state index in [-0.39, 0.29) is 5.91 Å². The molecule has 0 spiro atoms. The molecule has 2 aromatic rings. The van der Waals surface area contributed by atoms with Gasteiger partial charge in [-0.15, -0.1) is 0 Å². The topological polar surface area (TPSA) is 33.2 Å². The van der Waals surface area contributed by atoms with Crippen molar-refractivity contribution in [3.63, 3.8) is 0 Å². The third-order valence-corrected chi connectivity index (χ3v) is 4.90. The number of benzene rings is 1. The van der Waals surface area contributed by atoms with Crippen molar-refractivity contribution in [3.05, 3.63) is 45.3 Å². The third-order valence-electron chi connectivity index (χ3n) is 4.31. The summed E-state index contributed by atoms with van der Waals surface area (Å²) in [6.07, 6.45) is 7.42. The van der Waals surface area contributed by atoms with E-state index in [4.69, 9.17) is 0 Å². The molecule has 3 heterocycles. The summed E-state index contributed by atoms with van der Waals surface area (Å²) in [6.45, 7) is 0.878. The maximum atomic E-state index is 12.1. The van der Waals surface area contributed by atoms with Crippen LogP contribution in [-0.4, -0.2) is 17.4 Å². The fourth-order valence-corrected chi connectivity index (χ4v) is 3.89. The molecule has 0 saturated carbocycles. The summed E-state index contributed by atoms with van der Waals surface area (Å²) in [6, 6.07) is 6.66. The molecular weight excluding hydrogens is 375 g/mol. The largest absolute Gasteiger partial charge is 0.312 e. The number of pyridine rings is 1. The van der Waals surface area contributed by atoms with E-state index in [2.05, 4.69) is 45.8 Å². The first kappa shape index (κ1) is 13.2. The second-order valence-electron chi connectivity index (χ2n) is 5.68. The lowest BCUT2D eigenvalue weighted by Crippen LogP contribution is -2.39. The number of anilines is 1. The Morgan fingerprint density at radius 1 is 1.00 bits per heavy atom. The van der Waals surface area contributed by atoms with Crippen LogP contribution in [0.5, 0.6) is 0 Å². The minimum Gasteiger partial charge on any atom is -0.312 e. The van der Waals surface area contributed by atoms with E-state index in [0.717, 1.165) is 34.9 Å². The number of carbonyl (C=O) groups is 1. The smallest absolute Gasteiger partial charge is 0.227 e. The van der Waals surface area contributed by atoms with E-state index < -0.39 is 0 Å². The fourth-order valence-electron chi connectivity index (χ4n) is 3.39. The van der Waals surface area contributed by atoms with Gasteiger partial charge in [0.2, 0.25) is 5.91 Å². The average molecular weight is 390 g/mol. The quantitative estimate of drug-likeness (QED) is 0.698. The maximum Gasteiger partial charge on any atom is 0.227 e. The van der Waals surface area contributed by atoms with Crippen molar-refractivity contribution in [1.82, 2.24) is 4.98 Å². The van der Waals surface area contributed by atoms with Gasteiger partial charge in [-0.3, -0.25) is 9.78 Å². The minimum absolute atomic E-state index is 0.284. The molecule has 0 fully saturated rings. The number of nitrogens with zero attached hydrogens (tertiary/aromatic N) is 2. The molecule has 0 unspecified atom stereocenters. The van der Waals surface area contributed by atoms with Crippen LogP contribution in [0.4, 0.5) is 5.69 Å². The van der Waals surface area contributed by atoms with Crippen molar-refractivity contribution in [2.24, 2.45) is 0 Å². The molecule has 1 aromatic heterocycles. The van der Waals surface area contributed by atoms with E-state index in [9.17, 15) is 4.79 Å². The Balaban J connectivity index is 1.88. The lowest BCUT2D eigenvalue weighted by molar-refractivity contribution is -0.119. The molecule has 0 aliphatic carbocycles. The zero-order valence-electron chi connectivity index (χ0n) is 11.6. The van der Waals surface area contributed by atoms with Gasteiger partial charge >= 0.3 is 0 Å². The molecule has 2 aliphatic rings. The van der Waals surface area contributed by atoms with Gasteiger partial charge in [0.1, 0.15) is 0 Å². The van der Waals surface area contributed by atoms with E-state index in [0.29, 0.717) is 6.42 Å². The number of halogens is 1. The second kappa shape index (κ2) is 5.09. The van der Waals surface area contributed by atoms with E-state index in [1.165, 1.54) is 22.4 Å². The lowest BCUT2D eigenvalue weighted by atomic mass is 9.88. The van der Waals surface area contributed by atoms with Gasteiger partial charge in [0.15, 0.2) is 0 Å². The molecule has 106 valence electrons. The third kappa shape index (κ3) is 2.25. The average Bonchev–Trinajstić information content (AvgIpc) is 2.50. The number of aryl methyl sites for hydroxylation is 2. The van der Waals surface area contributed by atoms with Gasteiger partial charge in [0.05, 0.1) is 5.69 Å². The highest BCUT2D eigenvalue weighted by atomic mass is 127. The van der Waals surface area contributed by atoms with E-state index in [1.54, 1.807) is 0 Å². The van der Waals surface area contributed by atoms with Crippen molar-refractivity contribution >= 4 is 34.2 Å². The Morgan fingerprint density at radius 3 is 2.62 bits per heavy atom. The number of carbonyl (C=O) groups excluding carboxylic acids is 1. The molecule has 0 saturated heterocycles. The Labute approximate surface area is 137 Å². The Hall–Kier alpha value is -1.43. The minimum atomic E-state index is 0.284. The summed E-state index contributed by atoms with van der Waals surface area (Å²) in [4.78, 5) is 18.4.